The van der Waals surface area contributed by atoms with E-state index in [0.717, 1.165) is 38.6 Å². The Morgan fingerprint density at radius 1 is 1.25 bits per heavy atom. The summed E-state index contributed by atoms with van der Waals surface area (Å²) in [4.78, 5) is 26.5. The first-order valence-corrected chi connectivity index (χ1v) is 7.32. The van der Waals surface area contributed by atoms with Crippen LogP contribution in [-0.2, 0) is 9.59 Å². The summed E-state index contributed by atoms with van der Waals surface area (Å²) in [7, 11) is 0. The summed E-state index contributed by atoms with van der Waals surface area (Å²) in [6.07, 6.45) is 8.50. The summed E-state index contributed by atoms with van der Waals surface area (Å²) in [5.41, 5.74) is 0. The van der Waals surface area contributed by atoms with E-state index in [0.29, 0.717) is 6.54 Å². The smallest absolute Gasteiger partial charge is 0.226 e. The largest absolute Gasteiger partial charge is 0.343 e. The van der Waals surface area contributed by atoms with Crippen molar-refractivity contribution in [3.05, 3.63) is 12.2 Å². The Balaban J connectivity index is 2.02. The lowest BCUT2D eigenvalue weighted by atomic mass is 9.77. The number of nitriles is 1. The van der Waals surface area contributed by atoms with Crippen LogP contribution >= 0.6 is 0 Å². The zero-order valence-corrected chi connectivity index (χ0v) is 11.7. The van der Waals surface area contributed by atoms with E-state index >= 15 is 0 Å². The van der Waals surface area contributed by atoms with Gasteiger partial charge in [0, 0.05) is 24.9 Å². The third-order valence-electron chi connectivity index (χ3n) is 4.13. The average molecular weight is 275 g/mol. The molecule has 2 rings (SSSR count). The molecule has 20 heavy (non-hydrogen) atoms. The zero-order valence-electron chi connectivity index (χ0n) is 11.7. The molecule has 0 aromatic carbocycles. The van der Waals surface area contributed by atoms with Gasteiger partial charge in [-0.2, -0.15) is 5.26 Å². The van der Waals surface area contributed by atoms with Crippen LogP contribution in [0.4, 0.5) is 0 Å². The van der Waals surface area contributed by atoms with E-state index in [1.807, 2.05) is 17.0 Å². The van der Waals surface area contributed by atoms with Gasteiger partial charge in [-0.3, -0.25) is 9.59 Å². The quantitative estimate of drug-likeness (QED) is 0.621. The van der Waals surface area contributed by atoms with Crippen LogP contribution in [0.2, 0.25) is 0 Å². The molecule has 1 saturated carbocycles. The second-order valence-electron chi connectivity index (χ2n) is 5.42. The van der Waals surface area contributed by atoms with Crippen molar-refractivity contribution in [2.45, 2.75) is 32.1 Å². The molecule has 0 bridgehead atoms. The standard InChI is InChI=1S/C15H21N3O2/c16-8-9-17-14(19)12-6-2-3-7-13(12)15(20)18-10-4-1-5-11-18/h1,4,12-13H,2-3,5-7,9-11H2,(H,17,19)/t12-,13-/m1/s1. The van der Waals surface area contributed by atoms with Crippen molar-refractivity contribution in [1.82, 2.24) is 10.2 Å². The Hall–Kier alpha value is -1.83. The Bertz CT molecular complexity index is 439. The van der Waals surface area contributed by atoms with Gasteiger partial charge in [-0.15, -0.1) is 0 Å². The van der Waals surface area contributed by atoms with E-state index in [2.05, 4.69) is 11.4 Å². The summed E-state index contributed by atoms with van der Waals surface area (Å²) >= 11 is 0. The molecular weight excluding hydrogens is 254 g/mol. The van der Waals surface area contributed by atoms with Crippen molar-refractivity contribution in [1.29, 1.82) is 5.26 Å². The van der Waals surface area contributed by atoms with Crippen LogP contribution in [0, 0.1) is 23.2 Å². The Morgan fingerprint density at radius 3 is 2.65 bits per heavy atom. The molecule has 5 nitrogen and oxygen atoms in total. The van der Waals surface area contributed by atoms with E-state index < -0.39 is 0 Å². The fraction of sp³-hybridized carbons (Fsp3) is 0.667. The molecule has 0 unspecified atom stereocenters. The van der Waals surface area contributed by atoms with Crippen molar-refractivity contribution in [2.24, 2.45) is 11.8 Å². The molecule has 1 fully saturated rings. The fourth-order valence-electron chi connectivity index (χ4n) is 3.07. The minimum atomic E-state index is -0.268. The van der Waals surface area contributed by atoms with Gasteiger partial charge in [0.05, 0.1) is 6.07 Å². The first-order valence-electron chi connectivity index (χ1n) is 7.32. The number of amides is 2. The highest BCUT2D eigenvalue weighted by molar-refractivity contribution is 5.88. The van der Waals surface area contributed by atoms with Crippen molar-refractivity contribution < 1.29 is 9.59 Å². The highest BCUT2D eigenvalue weighted by atomic mass is 16.2. The van der Waals surface area contributed by atoms with E-state index in [4.69, 9.17) is 5.26 Å². The van der Waals surface area contributed by atoms with Crippen molar-refractivity contribution in [3.8, 4) is 6.07 Å². The van der Waals surface area contributed by atoms with Crippen LogP contribution in [0.3, 0.4) is 0 Å². The molecular formula is C15H21N3O2. The predicted molar refractivity (Wildman–Crippen MR) is 74.4 cm³/mol. The molecule has 0 radical (unpaired) electrons. The Morgan fingerprint density at radius 2 is 2.00 bits per heavy atom. The van der Waals surface area contributed by atoms with Gasteiger partial charge in [-0.25, -0.2) is 0 Å². The second-order valence-corrected chi connectivity index (χ2v) is 5.42. The van der Waals surface area contributed by atoms with Crippen LogP contribution in [0.25, 0.3) is 0 Å². The van der Waals surface area contributed by atoms with Gasteiger partial charge in [-0.05, 0) is 19.3 Å². The second kappa shape index (κ2) is 7.09. The lowest BCUT2D eigenvalue weighted by molar-refractivity contribution is -0.143. The summed E-state index contributed by atoms with van der Waals surface area (Å²) < 4.78 is 0. The fourth-order valence-corrected chi connectivity index (χ4v) is 3.07. The van der Waals surface area contributed by atoms with Gasteiger partial charge in [0.1, 0.15) is 6.54 Å². The number of carbonyl (C=O) groups is 2. The van der Waals surface area contributed by atoms with Crippen molar-refractivity contribution in [3.63, 3.8) is 0 Å². The molecule has 5 heteroatoms. The average Bonchev–Trinajstić information content (AvgIpc) is 2.52. The highest BCUT2D eigenvalue weighted by Crippen LogP contribution is 2.32. The molecule has 0 spiro atoms. The van der Waals surface area contributed by atoms with Crippen LogP contribution in [-0.4, -0.2) is 36.3 Å². The van der Waals surface area contributed by atoms with Gasteiger partial charge in [0.15, 0.2) is 0 Å². The molecule has 2 amide bonds. The molecule has 108 valence electrons. The normalized spacial score (nSPS) is 25.9. The predicted octanol–water partition coefficient (Wildman–Crippen LogP) is 1.22. The maximum absolute atomic E-state index is 12.6. The summed E-state index contributed by atoms with van der Waals surface area (Å²) in [5.74, 6) is -0.521. The van der Waals surface area contributed by atoms with E-state index in [9.17, 15) is 9.59 Å². The molecule has 0 saturated heterocycles. The van der Waals surface area contributed by atoms with Crippen molar-refractivity contribution >= 4 is 11.8 Å². The van der Waals surface area contributed by atoms with Crippen LogP contribution in [0.1, 0.15) is 32.1 Å². The van der Waals surface area contributed by atoms with Gasteiger partial charge in [0.25, 0.3) is 0 Å². The lowest BCUT2D eigenvalue weighted by Crippen LogP contribution is -2.46. The minimum Gasteiger partial charge on any atom is -0.343 e. The van der Waals surface area contributed by atoms with Crippen LogP contribution in [0.15, 0.2) is 12.2 Å². The Kier molecular flexibility index (Phi) is 5.16. The minimum absolute atomic E-state index is 0.0166. The monoisotopic (exact) mass is 275 g/mol. The topological polar surface area (TPSA) is 73.2 Å². The van der Waals surface area contributed by atoms with Gasteiger partial charge in [0.2, 0.25) is 11.8 Å². The Labute approximate surface area is 119 Å². The SMILES string of the molecule is N#CCNC(=O)[C@@H]1CCCC[C@H]1C(=O)N1CC=CCC1. The van der Waals surface area contributed by atoms with E-state index in [1.54, 1.807) is 0 Å². The van der Waals surface area contributed by atoms with Crippen LogP contribution < -0.4 is 5.32 Å². The molecule has 2 atom stereocenters. The first kappa shape index (κ1) is 14.6. The first-order chi connectivity index (χ1) is 9.74. The number of nitrogens with one attached hydrogen (secondary N) is 1. The molecule has 1 aliphatic carbocycles. The number of carbonyl (C=O) groups excluding carboxylic acids is 2. The van der Waals surface area contributed by atoms with Crippen LogP contribution in [0.5, 0.6) is 0 Å². The molecule has 2 aliphatic rings. The number of nitrogens with zero attached hydrogens (tertiary/aromatic N) is 2. The zero-order chi connectivity index (χ0) is 14.4. The molecule has 0 aromatic rings. The van der Waals surface area contributed by atoms with E-state index in [1.165, 1.54) is 0 Å². The maximum atomic E-state index is 12.6. The van der Waals surface area contributed by atoms with Gasteiger partial charge >= 0.3 is 0 Å². The molecule has 0 aromatic heterocycles. The van der Waals surface area contributed by atoms with Crippen molar-refractivity contribution in [2.75, 3.05) is 19.6 Å². The number of hydrogen-bond acceptors (Lipinski definition) is 3. The lowest BCUT2D eigenvalue weighted by Gasteiger charge is -2.34. The number of hydrogen-bond donors (Lipinski definition) is 1. The number of rotatable bonds is 3. The molecule has 1 N–H and O–H groups in total. The van der Waals surface area contributed by atoms with Gasteiger partial charge in [-0.1, -0.05) is 25.0 Å². The third kappa shape index (κ3) is 3.38. The summed E-state index contributed by atoms with van der Waals surface area (Å²) in [5, 5.41) is 11.2. The van der Waals surface area contributed by atoms with Gasteiger partial charge < -0.3 is 10.2 Å². The summed E-state index contributed by atoms with van der Waals surface area (Å²) in [6, 6.07) is 1.91. The summed E-state index contributed by atoms with van der Waals surface area (Å²) in [6.45, 7) is 1.42. The third-order valence-corrected chi connectivity index (χ3v) is 4.13. The molecule has 1 aliphatic heterocycles. The maximum Gasteiger partial charge on any atom is 0.226 e. The highest BCUT2D eigenvalue weighted by Gasteiger charge is 2.37. The van der Waals surface area contributed by atoms with E-state index in [-0.39, 0.29) is 30.2 Å². The molecule has 1 heterocycles.